The summed E-state index contributed by atoms with van der Waals surface area (Å²) >= 11 is 1.50. The van der Waals surface area contributed by atoms with Gasteiger partial charge in [-0.1, -0.05) is 38.1 Å². The molecule has 0 radical (unpaired) electrons. The van der Waals surface area contributed by atoms with Gasteiger partial charge in [0, 0.05) is 29.3 Å². The number of furan rings is 1. The molecule has 30 heavy (non-hydrogen) atoms. The molecule has 6 heteroatoms. The van der Waals surface area contributed by atoms with E-state index in [1.54, 1.807) is 6.26 Å². The molecular formula is C24H26N3O2S+. The van der Waals surface area contributed by atoms with Gasteiger partial charge in [-0.15, -0.1) is 11.3 Å². The van der Waals surface area contributed by atoms with Gasteiger partial charge in [-0.25, -0.2) is 4.98 Å². The summed E-state index contributed by atoms with van der Waals surface area (Å²) in [5.41, 5.74) is 3.44. The Morgan fingerprint density at radius 1 is 1.20 bits per heavy atom. The zero-order valence-electron chi connectivity index (χ0n) is 17.3. The maximum absolute atomic E-state index is 12.9. The molecular weight excluding hydrogens is 394 g/mol. The van der Waals surface area contributed by atoms with Crippen LogP contribution in [0, 0.1) is 0 Å². The lowest BCUT2D eigenvalue weighted by molar-refractivity contribution is -0.939. The lowest BCUT2D eigenvalue weighted by atomic mass is 10.0. The molecule has 5 nitrogen and oxygen atoms in total. The zero-order chi connectivity index (χ0) is 20.7. The molecule has 154 valence electrons. The molecule has 0 spiro atoms. The summed E-state index contributed by atoms with van der Waals surface area (Å²) in [6, 6.07) is 13.3. The fourth-order valence-electron chi connectivity index (χ4n) is 4.03. The predicted octanol–water partition coefficient (Wildman–Crippen LogP) is 4.12. The number of quaternary nitrogens is 1. The quantitative estimate of drug-likeness (QED) is 0.473. The van der Waals surface area contributed by atoms with Gasteiger partial charge >= 0.3 is 0 Å². The molecule has 1 aliphatic rings. The molecule has 1 fully saturated rings. The molecule has 5 rings (SSSR count). The van der Waals surface area contributed by atoms with E-state index in [2.05, 4.69) is 43.1 Å². The van der Waals surface area contributed by atoms with Crippen molar-refractivity contribution in [1.82, 2.24) is 9.97 Å². The van der Waals surface area contributed by atoms with E-state index < -0.39 is 0 Å². The van der Waals surface area contributed by atoms with E-state index in [1.807, 2.05) is 17.5 Å². The number of nitrogens with one attached hydrogen (secondary N) is 2. The predicted molar refractivity (Wildman–Crippen MR) is 120 cm³/mol. The van der Waals surface area contributed by atoms with Crippen LogP contribution >= 0.6 is 11.3 Å². The smallest absolute Gasteiger partial charge is 0.260 e. The van der Waals surface area contributed by atoms with Crippen LogP contribution in [0.2, 0.25) is 0 Å². The highest BCUT2D eigenvalue weighted by Crippen LogP contribution is 2.30. The van der Waals surface area contributed by atoms with E-state index in [-0.39, 0.29) is 5.56 Å². The van der Waals surface area contributed by atoms with Crippen molar-refractivity contribution in [2.24, 2.45) is 0 Å². The molecule has 3 heterocycles. The van der Waals surface area contributed by atoms with Crippen LogP contribution < -0.4 is 10.5 Å². The molecule has 1 aromatic carbocycles. The van der Waals surface area contributed by atoms with E-state index in [1.165, 1.54) is 40.2 Å². The summed E-state index contributed by atoms with van der Waals surface area (Å²) in [6.07, 6.45) is 4.11. The van der Waals surface area contributed by atoms with Crippen LogP contribution in [0.4, 0.5) is 0 Å². The average molecular weight is 421 g/mol. The summed E-state index contributed by atoms with van der Waals surface area (Å²) < 4.78 is 5.49. The molecule has 0 amide bonds. The molecule has 1 saturated carbocycles. The third-order valence-corrected chi connectivity index (χ3v) is 6.78. The normalized spacial score (nSPS) is 15.2. The van der Waals surface area contributed by atoms with Gasteiger partial charge < -0.3 is 14.3 Å². The highest BCUT2D eigenvalue weighted by atomic mass is 32.1. The van der Waals surface area contributed by atoms with Crippen LogP contribution in [0.1, 0.15) is 49.6 Å². The van der Waals surface area contributed by atoms with Gasteiger partial charge in [0.05, 0.1) is 17.7 Å². The summed E-state index contributed by atoms with van der Waals surface area (Å²) in [4.78, 5) is 22.9. The van der Waals surface area contributed by atoms with E-state index >= 15 is 0 Å². The number of aromatic amines is 1. The van der Waals surface area contributed by atoms with Crippen LogP contribution in [-0.2, 0) is 13.1 Å². The molecule has 3 aromatic heterocycles. The Balaban J connectivity index is 1.39. The molecule has 4 aromatic rings. The fourth-order valence-corrected chi connectivity index (χ4v) is 4.98. The van der Waals surface area contributed by atoms with E-state index in [0.29, 0.717) is 23.1 Å². The number of hydrogen-bond donors (Lipinski definition) is 2. The van der Waals surface area contributed by atoms with Crippen LogP contribution in [0.3, 0.4) is 0 Å². The van der Waals surface area contributed by atoms with Crippen molar-refractivity contribution in [1.29, 1.82) is 0 Å². The topological polar surface area (TPSA) is 63.3 Å². The Morgan fingerprint density at radius 2 is 2.00 bits per heavy atom. The van der Waals surface area contributed by atoms with Crippen molar-refractivity contribution in [2.45, 2.75) is 51.7 Å². The van der Waals surface area contributed by atoms with Gasteiger partial charge in [-0.05, 0) is 23.6 Å². The number of nitrogens with zero attached hydrogens (tertiary/aromatic N) is 1. The number of benzene rings is 1. The van der Waals surface area contributed by atoms with Gasteiger partial charge in [0.25, 0.3) is 5.56 Å². The van der Waals surface area contributed by atoms with Crippen molar-refractivity contribution in [2.75, 3.05) is 0 Å². The first-order valence-corrected chi connectivity index (χ1v) is 11.4. The molecule has 0 saturated heterocycles. The Kier molecular flexibility index (Phi) is 5.05. The second-order valence-electron chi connectivity index (χ2n) is 8.50. The maximum atomic E-state index is 12.9. The van der Waals surface area contributed by atoms with E-state index in [4.69, 9.17) is 9.40 Å². The number of aromatic nitrogens is 2. The van der Waals surface area contributed by atoms with Crippen LogP contribution in [0.25, 0.3) is 21.5 Å². The molecule has 1 atom stereocenters. The Morgan fingerprint density at radius 3 is 2.67 bits per heavy atom. The highest BCUT2D eigenvalue weighted by Gasteiger charge is 2.34. The van der Waals surface area contributed by atoms with Gasteiger partial charge in [-0.3, -0.25) is 4.79 Å². The largest absolute Gasteiger partial charge is 0.464 e. The molecule has 1 unspecified atom stereocenters. The average Bonchev–Trinajstić information content (AvgIpc) is 3.26. The Labute approximate surface area is 179 Å². The second-order valence-corrected chi connectivity index (χ2v) is 9.36. The highest BCUT2D eigenvalue weighted by molar-refractivity contribution is 7.17. The summed E-state index contributed by atoms with van der Waals surface area (Å²) in [6.45, 7) is 6.12. The minimum absolute atomic E-state index is 0.0842. The number of rotatable bonds is 7. The van der Waals surface area contributed by atoms with Crippen molar-refractivity contribution in [3.05, 3.63) is 75.3 Å². The van der Waals surface area contributed by atoms with Gasteiger partial charge in [0.15, 0.2) is 5.82 Å². The van der Waals surface area contributed by atoms with Crippen molar-refractivity contribution in [3.8, 4) is 11.3 Å². The summed E-state index contributed by atoms with van der Waals surface area (Å²) in [7, 11) is 0. The summed E-state index contributed by atoms with van der Waals surface area (Å²) in [5.74, 6) is 2.02. The Bertz CT molecular complexity index is 1200. The van der Waals surface area contributed by atoms with Crippen LogP contribution in [-0.4, -0.2) is 16.0 Å². The molecule has 0 aliphatic heterocycles. The van der Waals surface area contributed by atoms with Gasteiger partial charge in [0.2, 0.25) is 0 Å². The number of H-pyrrole nitrogens is 1. The second kappa shape index (κ2) is 7.85. The van der Waals surface area contributed by atoms with Crippen LogP contribution in [0.15, 0.2) is 57.3 Å². The third-order valence-electron chi connectivity index (χ3n) is 5.91. The minimum Gasteiger partial charge on any atom is -0.464 e. The first kappa shape index (κ1) is 19.3. The standard InChI is InChI=1S/C24H25N3O2S/c1-15(2)17-7-5-16(6-8-17)12-27(18-9-10-18)13-21-25-23(28)22-19(14-30-24(22)26-21)20-4-3-11-29-20/h3-8,11,14-15,18H,9-10,12-13H2,1-2H3,(H,25,26,28)/p+1. The molecule has 0 bridgehead atoms. The van der Waals surface area contributed by atoms with Gasteiger partial charge in [-0.2, -0.15) is 0 Å². The maximum Gasteiger partial charge on any atom is 0.260 e. The van der Waals surface area contributed by atoms with Crippen LogP contribution in [0.5, 0.6) is 0 Å². The number of hydrogen-bond acceptors (Lipinski definition) is 4. The van der Waals surface area contributed by atoms with Crippen molar-refractivity contribution >= 4 is 21.6 Å². The monoisotopic (exact) mass is 420 g/mol. The lowest BCUT2D eigenvalue weighted by Gasteiger charge is -2.19. The first-order chi connectivity index (χ1) is 14.6. The van der Waals surface area contributed by atoms with E-state index in [0.717, 1.165) is 29.3 Å². The molecule has 1 aliphatic carbocycles. The SMILES string of the molecule is CC(C)c1ccc(C[NH+](Cc2nc3scc(-c4ccco4)c3c(=O)[nH]2)C2CC2)cc1. The number of fused-ring (bicyclic) bond motifs is 1. The van der Waals surface area contributed by atoms with Crippen molar-refractivity contribution in [3.63, 3.8) is 0 Å². The fraction of sp³-hybridized carbons (Fsp3) is 0.333. The van der Waals surface area contributed by atoms with Gasteiger partial charge in [0.1, 0.15) is 23.7 Å². The third kappa shape index (κ3) is 3.85. The lowest BCUT2D eigenvalue weighted by Crippen LogP contribution is -3.10. The number of thiophene rings is 1. The Hall–Kier alpha value is -2.70. The summed E-state index contributed by atoms with van der Waals surface area (Å²) in [5, 5.41) is 2.58. The van der Waals surface area contributed by atoms with Crippen molar-refractivity contribution < 1.29 is 9.32 Å². The van der Waals surface area contributed by atoms with E-state index in [9.17, 15) is 4.79 Å². The zero-order valence-corrected chi connectivity index (χ0v) is 18.1. The first-order valence-electron chi connectivity index (χ1n) is 10.6. The minimum atomic E-state index is -0.0842. The molecule has 2 N–H and O–H groups in total.